The molecule has 138 valence electrons. The van der Waals surface area contributed by atoms with Gasteiger partial charge in [0.15, 0.2) is 5.78 Å². The molecule has 0 aliphatic rings. The fourth-order valence-corrected chi connectivity index (χ4v) is 3.66. The van der Waals surface area contributed by atoms with Crippen LogP contribution in [-0.4, -0.2) is 26.2 Å². The van der Waals surface area contributed by atoms with E-state index in [2.05, 4.69) is 10.0 Å². The first kappa shape index (κ1) is 20.4. The highest BCUT2D eigenvalue weighted by molar-refractivity contribution is 7.89. The van der Waals surface area contributed by atoms with Crippen molar-refractivity contribution in [2.75, 3.05) is 5.32 Å². The summed E-state index contributed by atoms with van der Waals surface area (Å²) >= 11 is 11.6. The van der Waals surface area contributed by atoms with Crippen LogP contribution in [0.1, 0.15) is 24.2 Å². The smallest absolute Gasteiger partial charge is 0.242 e. The second-order valence-electron chi connectivity index (χ2n) is 5.55. The Bertz CT molecular complexity index is 961. The van der Waals surface area contributed by atoms with Crippen molar-refractivity contribution in [3.63, 3.8) is 0 Å². The van der Waals surface area contributed by atoms with Crippen LogP contribution in [0.15, 0.2) is 47.4 Å². The van der Waals surface area contributed by atoms with Gasteiger partial charge in [-0.3, -0.25) is 9.59 Å². The van der Waals surface area contributed by atoms with Crippen LogP contribution in [0.3, 0.4) is 0 Å². The minimum Gasteiger partial charge on any atom is -0.325 e. The molecular weight excluding hydrogens is 399 g/mol. The van der Waals surface area contributed by atoms with Gasteiger partial charge in [0, 0.05) is 11.3 Å². The molecule has 0 heterocycles. The van der Waals surface area contributed by atoms with Crippen LogP contribution in [0.4, 0.5) is 5.69 Å². The van der Waals surface area contributed by atoms with Crippen molar-refractivity contribution < 1.29 is 18.0 Å². The zero-order chi connectivity index (χ0) is 19.5. The third-order valence-corrected chi connectivity index (χ3v) is 5.74. The number of rotatable bonds is 6. The van der Waals surface area contributed by atoms with Crippen molar-refractivity contribution in [2.45, 2.75) is 24.8 Å². The van der Waals surface area contributed by atoms with Gasteiger partial charge in [0.05, 0.1) is 21.0 Å². The summed E-state index contributed by atoms with van der Waals surface area (Å²) in [4.78, 5) is 23.5. The lowest BCUT2D eigenvalue weighted by Gasteiger charge is -2.15. The molecule has 0 aromatic heterocycles. The molecular formula is C17H16Cl2N2O4S. The van der Waals surface area contributed by atoms with Gasteiger partial charge in [-0.2, -0.15) is 4.72 Å². The van der Waals surface area contributed by atoms with Gasteiger partial charge in [-0.25, -0.2) is 8.42 Å². The lowest BCUT2D eigenvalue weighted by atomic mass is 10.1. The number of ketones is 1. The van der Waals surface area contributed by atoms with Gasteiger partial charge in [-0.05, 0) is 44.2 Å². The molecule has 2 N–H and O–H groups in total. The van der Waals surface area contributed by atoms with Crippen LogP contribution < -0.4 is 10.0 Å². The Morgan fingerprint density at radius 3 is 2.35 bits per heavy atom. The quantitative estimate of drug-likeness (QED) is 0.707. The predicted octanol–water partition coefficient (Wildman–Crippen LogP) is 3.50. The Labute approximate surface area is 161 Å². The molecule has 1 amide bonds. The van der Waals surface area contributed by atoms with Crippen molar-refractivity contribution >= 4 is 50.6 Å². The first-order valence-electron chi connectivity index (χ1n) is 7.49. The molecule has 0 radical (unpaired) electrons. The summed E-state index contributed by atoms with van der Waals surface area (Å²) in [6.07, 6.45) is 0. The molecule has 0 spiro atoms. The van der Waals surface area contributed by atoms with Crippen LogP contribution in [-0.2, 0) is 14.8 Å². The highest BCUT2D eigenvalue weighted by Crippen LogP contribution is 2.24. The summed E-state index contributed by atoms with van der Waals surface area (Å²) in [6, 6.07) is 9.15. The minimum atomic E-state index is -3.97. The molecule has 0 saturated carbocycles. The molecule has 2 aromatic carbocycles. The topological polar surface area (TPSA) is 92.3 Å². The second kappa shape index (κ2) is 8.18. The monoisotopic (exact) mass is 414 g/mol. The lowest BCUT2D eigenvalue weighted by Crippen LogP contribution is -2.41. The van der Waals surface area contributed by atoms with Crippen molar-refractivity contribution in [1.29, 1.82) is 0 Å². The number of benzene rings is 2. The molecule has 26 heavy (non-hydrogen) atoms. The molecule has 1 atom stereocenters. The summed E-state index contributed by atoms with van der Waals surface area (Å²) in [7, 11) is -3.97. The normalized spacial score (nSPS) is 12.5. The van der Waals surface area contributed by atoms with Gasteiger partial charge in [-0.1, -0.05) is 35.3 Å². The van der Waals surface area contributed by atoms with E-state index in [-0.39, 0.29) is 20.7 Å². The molecule has 0 bridgehead atoms. The van der Waals surface area contributed by atoms with Crippen molar-refractivity contribution in [1.82, 2.24) is 4.72 Å². The SMILES string of the molecule is CC(=O)c1cccc(NC(=O)[C@@H](C)NS(=O)(=O)c2ccc(Cl)c(Cl)c2)c1. The average molecular weight is 415 g/mol. The Morgan fingerprint density at radius 2 is 1.73 bits per heavy atom. The molecule has 6 nitrogen and oxygen atoms in total. The lowest BCUT2D eigenvalue weighted by molar-refractivity contribution is -0.117. The van der Waals surface area contributed by atoms with E-state index in [4.69, 9.17) is 23.2 Å². The van der Waals surface area contributed by atoms with E-state index in [9.17, 15) is 18.0 Å². The van der Waals surface area contributed by atoms with Crippen LogP contribution >= 0.6 is 23.2 Å². The van der Waals surface area contributed by atoms with E-state index in [0.717, 1.165) is 0 Å². The van der Waals surface area contributed by atoms with Crippen LogP contribution in [0.5, 0.6) is 0 Å². The number of anilines is 1. The number of hydrogen-bond donors (Lipinski definition) is 2. The van der Waals surface area contributed by atoms with Gasteiger partial charge in [0.25, 0.3) is 0 Å². The Kier molecular flexibility index (Phi) is 6.41. The fourth-order valence-electron chi connectivity index (χ4n) is 2.06. The summed E-state index contributed by atoms with van der Waals surface area (Å²) in [6.45, 7) is 2.81. The predicted molar refractivity (Wildman–Crippen MR) is 101 cm³/mol. The summed E-state index contributed by atoms with van der Waals surface area (Å²) in [5.41, 5.74) is 0.829. The molecule has 0 saturated heterocycles. The molecule has 2 aromatic rings. The highest BCUT2D eigenvalue weighted by Gasteiger charge is 2.23. The highest BCUT2D eigenvalue weighted by atomic mass is 35.5. The van der Waals surface area contributed by atoms with Crippen LogP contribution in [0.2, 0.25) is 10.0 Å². The zero-order valence-corrected chi connectivity index (χ0v) is 16.2. The zero-order valence-electron chi connectivity index (χ0n) is 13.9. The maximum absolute atomic E-state index is 12.4. The van der Waals surface area contributed by atoms with E-state index in [1.54, 1.807) is 18.2 Å². The number of sulfonamides is 1. The minimum absolute atomic E-state index is 0.0905. The van der Waals surface area contributed by atoms with Crippen molar-refractivity contribution in [3.05, 3.63) is 58.1 Å². The van der Waals surface area contributed by atoms with Crippen molar-refractivity contribution in [2.24, 2.45) is 0 Å². The van der Waals surface area contributed by atoms with Gasteiger partial charge in [0.1, 0.15) is 0 Å². The second-order valence-corrected chi connectivity index (χ2v) is 8.07. The first-order chi connectivity index (χ1) is 12.1. The fraction of sp³-hybridized carbons (Fsp3) is 0.176. The maximum atomic E-state index is 12.4. The summed E-state index contributed by atoms with van der Waals surface area (Å²) in [5.74, 6) is -0.719. The van der Waals surface area contributed by atoms with Crippen molar-refractivity contribution in [3.8, 4) is 0 Å². The van der Waals surface area contributed by atoms with Crippen LogP contribution in [0.25, 0.3) is 0 Å². The molecule has 9 heteroatoms. The summed E-state index contributed by atoms with van der Waals surface area (Å²) in [5, 5.41) is 2.88. The third kappa shape index (κ3) is 5.04. The number of amides is 1. The maximum Gasteiger partial charge on any atom is 0.242 e. The number of nitrogens with one attached hydrogen (secondary N) is 2. The van der Waals surface area contributed by atoms with E-state index >= 15 is 0 Å². The Morgan fingerprint density at radius 1 is 1.04 bits per heavy atom. The number of Topliss-reactive ketones (excluding diaryl/α,β-unsaturated/α-hetero) is 1. The standard InChI is InChI=1S/C17H16Cl2N2O4S/c1-10(17(23)20-13-5-3-4-12(8-13)11(2)22)21-26(24,25)14-6-7-15(18)16(19)9-14/h3-10,21H,1-2H3,(H,20,23)/t10-/m1/s1. The molecule has 0 fully saturated rings. The first-order valence-corrected chi connectivity index (χ1v) is 9.73. The van der Waals surface area contributed by atoms with E-state index in [0.29, 0.717) is 11.3 Å². The van der Waals surface area contributed by atoms with E-state index < -0.39 is 22.0 Å². The third-order valence-electron chi connectivity index (χ3n) is 3.46. The number of carbonyl (C=O) groups excluding carboxylic acids is 2. The number of carbonyl (C=O) groups is 2. The molecule has 0 unspecified atom stereocenters. The molecule has 0 aliphatic carbocycles. The van der Waals surface area contributed by atoms with Gasteiger partial charge >= 0.3 is 0 Å². The molecule has 0 aliphatic heterocycles. The van der Waals surface area contributed by atoms with Gasteiger partial charge in [0.2, 0.25) is 15.9 Å². The van der Waals surface area contributed by atoms with E-state index in [1.807, 2.05) is 0 Å². The van der Waals surface area contributed by atoms with Gasteiger partial charge < -0.3 is 5.32 Å². The average Bonchev–Trinajstić information content (AvgIpc) is 2.57. The largest absolute Gasteiger partial charge is 0.325 e. The van der Waals surface area contributed by atoms with Crippen LogP contribution in [0, 0.1) is 0 Å². The Hall–Kier alpha value is -1.93. The van der Waals surface area contributed by atoms with E-state index in [1.165, 1.54) is 38.1 Å². The Balaban J connectivity index is 2.11. The van der Waals surface area contributed by atoms with Gasteiger partial charge in [-0.15, -0.1) is 0 Å². The summed E-state index contributed by atoms with van der Waals surface area (Å²) < 4.78 is 27.0. The molecule has 2 rings (SSSR count). The number of hydrogen-bond acceptors (Lipinski definition) is 4. The number of halogens is 2.